The van der Waals surface area contributed by atoms with E-state index in [0.717, 1.165) is 36.3 Å². The van der Waals surface area contributed by atoms with Crippen molar-refractivity contribution in [2.24, 2.45) is 0 Å². The molecule has 3 amide bonds. The number of hydrogen-bond donors (Lipinski definition) is 2. The lowest BCUT2D eigenvalue weighted by Gasteiger charge is -2.32. The maximum atomic E-state index is 12.3. The minimum Gasteiger partial charge on any atom is -0.483 e. The van der Waals surface area contributed by atoms with E-state index in [-0.39, 0.29) is 24.6 Å². The number of amides is 3. The van der Waals surface area contributed by atoms with E-state index in [1.54, 1.807) is 4.90 Å². The maximum Gasteiger partial charge on any atom is 0.321 e. The van der Waals surface area contributed by atoms with Gasteiger partial charge in [0, 0.05) is 24.8 Å². The Bertz CT molecular complexity index is 787. The van der Waals surface area contributed by atoms with Gasteiger partial charge in [-0.25, -0.2) is 4.79 Å². The fourth-order valence-electron chi connectivity index (χ4n) is 3.30. The molecule has 1 heterocycles. The fraction of sp³-hybridized carbons (Fsp3) is 0.364. The van der Waals surface area contributed by atoms with Crippen molar-refractivity contribution >= 4 is 17.6 Å². The Morgan fingerprint density at radius 1 is 1.04 bits per heavy atom. The second-order valence-electron chi connectivity index (χ2n) is 6.87. The van der Waals surface area contributed by atoms with Crippen molar-refractivity contribution in [2.45, 2.75) is 32.2 Å². The van der Waals surface area contributed by atoms with E-state index in [0.29, 0.717) is 13.1 Å². The molecule has 0 spiro atoms. The monoisotopic (exact) mass is 381 g/mol. The number of aryl methyl sites for hydroxylation is 1. The van der Waals surface area contributed by atoms with Crippen LogP contribution < -0.4 is 15.4 Å². The van der Waals surface area contributed by atoms with Crippen LogP contribution in [0.5, 0.6) is 5.75 Å². The van der Waals surface area contributed by atoms with Gasteiger partial charge in [-0.05, 0) is 43.0 Å². The van der Waals surface area contributed by atoms with Crippen LogP contribution in [-0.4, -0.2) is 42.6 Å². The maximum absolute atomic E-state index is 12.3. The van der Waals surface area contributed by atoms with Crippen molar-refractivity contribution in [3.8, 4) is 5.75 Å². The van der Waals surface area contributed by atoms with Gasteiger partial charge in [0.15, 0.2) is 6.61 Å². The summed E-state index contributed by atoms with van der Waals surface area (Å²) in [4.78, 5) is 26.3. The van der Waals surface area contributed by atoms with E-state index in [1.165, 1.54) is 0 Å². The number of carbonyl (C=O) groups excluding carboxylic acids is 2. The molecule has 0 aromatic heterocycles. The van der Waals surface area contributed by atoms with E-state index in [2.05, 4.69) is 17.6 Å². The first-order chi connectivity index (χ1) is 13.7. The highest BCUT2D eigenvalue weighted by molar-refractivity contribution is 5.89. The first-order valence-corrected chi connectivity index (χ1v) is 9.76. The Balaban J connectivity index is 1.40. The summed E-state index contributed by atoms with van der Waals surface area (Å²) in [6.45, 7) is 3.29. The van der Waals surface area contributed by atoms with E-state index in [1.807, 2.05) is 54.6 Å². The molecule has 0 radical (unpaired) electrons. The molecule has 0 bridgehead atoms. The van der Waals surface area contributed by atoms with E-state index in [9.17, 15) is 9.59 Å². The van der Waals surface area contributed by atoms with Crippen LogP contribution in [-0.2, 0) is 11.2 Å². The fourth-order valence-corrected chi connectivity index (χ4v) is 3.30. The Labute approximate surface area is 165 Å². The number of carbonyl (C=O) groups is 2. The SMILES string of the molecule is CCc1ccccc1OCC(=O)NC1CCN(C(=O)Nc2ccccc2)CC1. The number of nitrogens with one attached hydrogen (secondary N) is 2. The number of likely N-dealkylation sites (tertiary alicyclic amines) is 1. The topological polar surface area (TPSA) is 70.7 Å². The molecule has 3 rings (SSSR count). The lowest BCUT2D eigenvalue weighted by atomic mass is 10.1. The Kier molecular flexibility index (Phi) is 6.89. The standard InChI is InChI=1S/C22H27N3O3/c1-2-17-8-6-7-11-20(17)28-16-21(26)23-19-12-14-25(15-13-19)22(27)24-18-9-4-3-5-10-18/h3-11,19H,2,12-16H2,1H3,(H,23,26)(H,24,27). The van der Waals surface area contributed by atoms with Gasteiger partial charge in [-0.2, -0.15) is 0 Å². The third-order valence-electron chi connectivity index (χ3n) is 4.88. The number of benzene rings is 2. The third-order valence-corrected chi connectivity index (χ3v) is 4.88. The summed E-state index contributed by atoms with van der Waals surface area (Å²) in [5, 5.41) is 5.91. The number of ether oxygens (including phenoxy) is 1. The van der Waals surface area contributed by atoms with Crippen LogP contribution >= 0.6 is 0 Å². The molecule has 1 fully saturated rings. The van der Waals surface area contributed by atoms with Crippen molar-refractivity contribution in [3.63, 3.8) is 0 Å². The number of nitrogens with zero attached hydrogens (tertiary/aromatic N) is 1. The lowest BCUT2D eigenvalue weighted by molar-refractivity contribution is -0.124. The largest absolute Gasteiger partial charge is 0.483 e. The molecule has 2 aromatic carbocycles. The Hall–Kier alpha value is -3.02. The van der Waals surface area contributed by atoms with Gasteiger partial charge in [-0.15, -0.1) is 0 Å². The van der Waals surface area contributed by atoms with Crippen molar-refractivity contribution in [3.05, 3.63) is 60.2 Å². The predicted molar refractivity (Wildman–Crippen MR) is 110 cm³/mol. The molecular formula is C22H27N3O3. The van der Waals surface area contributed by atoms with Crippen molar-refractivity contribution in [1.29, 1.82) is 0 Å². The summed E-state index contributed by atoms with van der Waals surface area (Å²) in [6.07, 6.45) is 2.33. The van der Waals surface area contributed by atoms with Gasteiger partial charge in [0.2, 0.25) is 0 Å². The normalized spacial score (nSPS) is 14.4. The molecule has 0 unspecified atom stereocenters. The van der Waals surface area contributed by atoms with Gasteiger partial charge in [0.1, 0.15) is 5.75 Å². The zero-order valence-electron chi connectivity index (χ0n) is 16.2. The van der Waals surface area contributed by atoms with Crippen LogP contribution in [0.25, 0.3) is 0 Å². The highest BCUT2D eigenvalue weighted by atomic mass is 16.5. The second-order valence-corrected chi connectivity index (χ2v) is 6.87. The molecule has 1 aliphatic heterocycles. The van der Waals surface area contributed by atoms with Crippen LogP contribution in [0.1, 0.15) is 25.3 Å². The summed E-state index contributed by atoms with van der Waals surface area (Å²) in [7, 11) is 0. The molecule has 1 aliphatic rings. The predicted octanol–water partition coefficient (Wildman–Crippen LogP) is 3.44. The van der Waals surface area contributed by atoms with Crippen LogP contribution in [0.4, 0.5) is 10.5 Å². The molecule has 6 heteroatoms. The minimum absolute atomic E-state index is 0.00568. The Morgan fingerprint density at radius 3 is 2.43 bits per heavy atom. The van der Waals surface area contributed by atoms with Crippen molar-refractivity contribution in [1.82, 2.24) is 10.2 Å². The zero-order chi connectivity index (χ0) is 19.8. The third kappa shape index (κ3) is 5.49. The number of anilines is 1. The molecule has 2 aromatic rings. The second kappa shape index (κ2) is 9.78. The van der Waals surface area contributed by atoms with Gasteiger partial charge < -0.3 is 20.3 Å². The highest BCUT2D eigenvalue weighted by Crippen LogP contribution is 2.18. The van der Waals surface area contributed by atoms with E-state index < -0.39 is 0 Å². The smallest absolute Gasteiger partial charge is 0.321 e. The number of para-hydroxylation sites is 2. The molecule has 28 heavy (non-hydrogen) atoms. The van der Waals surface area contributed by atoms with Gasteiger partial charge in [-0.3, -0.25) is 4.79 Å². The molecule has 0 saturated carbocycles. The van der Waals surface area contributed by atoms with E-state index >= 15 is 0 Å². The summed E-state index contributed by atoms with van der Waals surface area (Å²) in [5.74, 6) is 0.630. The molecule has 0 aliphatic carbocycles. The first kappa shape index (κ1) is 19.7. The van der Waals surface area contributed by atoms with Crippen molar-refractivity contribution < 1.29 is 14.3 Å². The number of rotatable bonds is 6. The summed E-state index contributed by atoms with van der Waals surface area (Å²) < 4.78 is 5.67. The number of urea groups is 1. The zero-order valence-corrected chi connectivity index (χ0v) is 16.2. The number of piperidine rings is 1. The van der Waals surface area contributed by atoms with Crippen molar-refractivity contribution in [2.75, 3.05) is 25.0 Å². The van der Waals surface area contributed by atoms with Gasteiger partial charge >= 0.3 is 6.03 Å². The molecule has 2 N–H and O–H groups in total. The molecule has 0 atom stereocenters. The first-order valence-electron chi connectivity index (χ1n) is 9.76. The van der Waals surface area contributed by atoms with Crippen LogP contribution in [0, 0.1) is 0 Å². The molecule has 148 valence electrons. The minimum atomic E-state index is -0.127. The molecular weight excluding hydrogens is 354 g/mol. The summed E-state index contributed by atoms with van der Waals surface area (Å²) in [5.41, 5.74) is 1.88. The molecule has 1 saturated heterocycles. The molecule has 6 nitrogen and oxygen atoms in total. The summed E-state index contributed by atoms with van der Waals surface area (Å²) in [6, 6.07) is 17.1. The average molecular weight is 381 g/mol. The summed E-state index contributed by atoms with van der Waals surface area (Å²) >= 11 is 0. The van der Waals surface area contributed by atoms with Gasteiger partial charge in [0.25, 0.3) is 5.91 Å². The van der Waals surface area contributed by atoms with Gasteiger partial charge in [-0.1, -0.05) is 43.3 Å². The van der Waals surface area contributed by atoms with Gasteiger partial charge in [0.05, 0.1) is 0 Å². The van der Waals surface area contributed by atoms with Crippen LogP contribution in [0.2, 0.25) is 0 Å². The highest BCUT2D eigenvalue weighted by Gasteiger charge is 2.24. The lowest BCUT2D eigenvalue weighted by Crippen LogP contribution is -2.48. The van der Waals surface area contributed by atoms with Crippen LogP contribution in [0.3, 0.4) is 0 Å². The average Bonchev–Trinajstić information content (AvgIpc) is 2.73. The Morgan fingerprint density at radius 2 is 1.71 bits per heavy atom. The van der Waals surface area contributed by atoms with E-state index in [4.69, 9.17) is 4.74 Å². The van der Waals surface area contributed by atoms with Crippen LogP contribution in [0.15, 0.2) is 54.6 Å². The number of hydrogen-bond acceptors (Lipinski definition) is 3. The quantitative estimate of drug-likeness (QED) is 0.805.